The fourth-order valence-corrected chi connectivity index (χ4v) is 5.57. The van der Waals surface area contributed by atoms with E-state index in [2.05, 4.69) is 5.32 Å². The largest absolute Gasteiger partial charge is 0.486 e. The number of hydrogen-bond acceptors (Lipinski definition) is 6. The number of halogens is 1. The summed E-state index contributed by atoms with van der Waals surface area (Å²) in [6.07, 6.45) is 1.98. The highest BCUT2D eigenvalue weighted by molar-refractivity contribution is 7.92. The summed E-state index contributed by atoms with van der Waals surface area (Å²) < 4.78 is 38.2. The van der Waals surface area contributed by atoms with Crippen LogP contribution in [0.4, 0.5) is 5.69 Å². The van der Waals surface area contributed by atoms with Gasteiger partial charge in [-0.1, -0.05) is 67.1 Å². The van der Waals surface area contributed by atoms with E-state index in [-0.39, 0.29) is 24.6 Å². The van der Waals surface area contributed by atoms with Gasteiger partial charge in [-0.05, 0) is 35.7 Å². The number of benzene rings is 3. The summed E-state index contributed by atoms with van der Waals surface area (Å²) in [7, 11) is -3.91. The van der Waals surface area contributed by atoms with Crippen molar-refractivity contribution in [3.8, 4) is 11.5 Å². The average Bonchev–Trinajstić information content (AvgIpc) is 2.97. The molecule has 11 heteroatoms. The van der Waals surface area contributed by atoms with Crippen LogP contribution in [0.5, 0.6) is 11.5 Å². The molecule has 0 spiro atoms. The second kappa shape index (κ2) is 13.7. The van der Waals surface area contributed by atoms with Crippen LogP contribution in [0, 0.1) is 0 Å². The molecule has 3 aromatic rings. The van der Waals surface area contributed by atoms with Gasteiger partial charge < -0.3 is 19.7 Å². The second-order valence-electron chi connectivity index (χ2n) is 9.71. The van der Waals surface area contributed by atoms with E-state index in [1.807, 2.05) is 37.3 Å². The molecule has 41 heavy (non-hydrogen) atoms. The number of rotatable bonds is 12. The van der Waals surface area contributed by atoms with E-state index in [1.165, 1.54) is 11.0 Å². The summed E-state index contributed by atoms with van der Waals surface area (Å²) in [5, 5.41) is 3.34. The summed E-state index contributed by atoms with van der Waals surface area (Å²) in [4.78, 5) is 29.1. The molecule has 0 bridgehead atoms. The number of carbonyl (C=O) groups excluding carboxylic acids is 2. The Balaban J connectivity index is 1.73. The van der Waals surface area contributed by atoms with Gasteiger partial charge in [-0.25, -0.2) is 8.42 Å². The summed E-state index contributed by atoms with van der Waals surface area (Å²) in [5.41, 5.74) is 1.74. The van der Waals surface area contributed by atoms with Crippen LogP contribution in [0.2, 0.25) is 5.02 Å². The van der Waals surface area contributed by atoms with E-state index >= 15 is 0 Å². The molecule has 0 radical (unpaired) electrons. The Labute approximate surface area is 246 Å². The molecule has 3 aromatic carbocycles. The lowest BCUT2D eigenvalue weighted by Gasteiger charge is -2.34. The quantitative estimate of drug-likeness (QED) is 0.337. The van der Waals surface area contributed by atoms with Crippen molar-refractivity contribution in [2.24, 2.45) is 0 Å². The van der Waals surface area contributed by atoms with Crippen LogP contribution in [0.1, 0.15) is 24.5 Å². The van der Waals surface area contributed by atoms with Gasteiger partial charge in [0.1, 0.15) is 25.8 Å². The van der Waals surface area contributed by atoms with E-state index < -0.39 is 28.5 Å². The molecule has 1 aliphatic rings. The minimum atomic E-state index is -3.91. The third-order valence-electron chi connectivity index (χ3n) is 6.61. The molecular weight excluding hydrogens is 566 g/mol. The molecule has 0 aromatic heterocycles. The molecule has 0 aliphatic carbocycles. The van der Waals surface area contributed by atoms with Gasteiger partial charge >= 0.3 is 0 Å². The normalized spacial score (nSPS) is 13.2. The predicted octanol–water partition coefficient (Wildman–Crippen LogP) is 4.04. The fraction of sp³-hybridized carbons (Fsp3) is 0.333. The zero-order valence-electron chi connectivity index (χ0n) is 23.1. The third-order valence-corrected chi connectivity index (χ3v) is 8.12. The first-order valence-corrected chi connectivity index (χ1v) is 15.6. The monoisotopic (exact) mass is 599 g/mol. The first-order valence-electron chi connectivity index (χ1n) is 13.4. The van der Waals surface area contributed by atoms with Crippen LogP contribution in [-0.4, -0.2) is 63.7 Å². The third kappa shape index (κ3) is 7.92. The number of sulfonamides is 1. The lowest BCUT2D eigenvalue weighted by Crippen LogP contribution is -2.53. The molecule has 0 unspecified atom stereocenters. The lowest BCUT2D eigenvalue weighted by atomic mass is 10.0. The number of amides is 2. The molecule has 2 amide bonds. The van der Waals surface area contributed by atoms with Gasteiger partial charge in [-0.2, -0.15) is 0 Å². The van der Waals surface area contributed by atoms with Crippen LogP contribution < -0.4 is 19.1 Å². The summed E-state index contributed by atoms with van der Waals surface area (Å²) in [5.74, 6) is -0.00142. The number of ether oxygens (including phenoxy) is 2. The van der Waals surface area contributed by atoms with E-state index in [4.69, 9.17) is 21.1 Å². The highest BCUT2D eigenvalue weighted by Crippen LogP contribution is 2.35. The van der Waals surface area contributed by atoms with Crippen molar-refractivity contribution < 1.29 is 27.5 Å². The maximum Gasteiger partial charge on any atom is 0.244 e. The Morgan fingerprint density at radius 3 is 2.34 bits per heavy atom. The second-order valence-corrected chi connectivity index (χ2v) is 12.0. The Morgan fingerprint density at radius 2 is 1.66 bits per heavy atom. The Kier molecular flexibility index (Phi) is 10.1. The maximum absolute atomic E-state index is 14.1. The average molecular weight is 600 g/mol. The zero-order chi connectivity index (χ0) is 29.4. The van der Waals surface area contributed by atoms with Crippen LogP contribution in [0.3, 0.4) is 0 Å². The molecule has 1 aliphatic heterocycles. The number of nitrogens with one attached hydrogen (secondary N) is 1. The summed E-state index contributed by atoms with van der Waals surface area (Å²) in [6.45, 7) is 2.57. The zero-order valence-corrected chi connectivity index (χ0v) is 24.7. The molecule has 1 N–H and O–H groups in total. The highest BCUT2D eigenvalue weighted by Gasteiger charge is 2.33. The van der Waals surface area contributed by atoms with E-state index in [9.17, 15) is 18.0 Å². The van der Waals surface area contributed by atoms with E-state index in [1.54, 1.807) is 36.4 Å². The van der Waals surface area contributed by atoms with E-state index in [0.29, 0.717) is 48.3 Å². The number of carbonyl (C=O) groups is 2. The molecule has 1 atom stereocenters. The summed E-state index contributed by atoms with van der Waals surface area (Å²) in [6, 6.07) is 20.2. The van der Waals surface area contributed by atoms with Gasteiger partial charge in [0.25, 0.3) is 0 Å². The topological polar surface area (TPSA) is 105 Å². The van der Waals surface area contributed by atoms with Crippen LogP contribution >= 0.6 is 11.6 Å². The minimum absolute atomic E-state index is 0.00823. The minimum Gasteiger partial charge on any atom is -0.486 e. The molecule has 9 nitrogen and oxygen atoms in total. The fourth-order valence-electron chi connectivity index (χ4n) is 4.53. The van der Waals surface area contributed by atoms with Crippen molar-refractivity contribution >= 4 is 39.1 Å². The van der Waals surface area contributed by atoms with Gasteiger partial charge in [0, 0.05) is 30.6 Å². The van der Waals surface area contributed by atoms with Crippen molar-refractivity contribution in [3.63, 3.8) is 0 Å². The van der Waals surface area contributed by atoms with Gasteiger partial charge in [0.05, 0.1) is 11.9 Å². The van der Waals surface area contributed by atoms with Crippen molar-refractivity contribution in [1.29, 1.82) is 0 Å². The molecular formula is C30H34ClN3O6S. The first-order chi connectivity index (χ1) is 19.7. The van der Waals surface area contributed by atoms with Crippen molar-refractivity contribution in [2.45, 2.75) is 32.4 Å². The smallest absolute Gasteiger partial charge is 0.244 e. The van der Waals surface area contributed by atoms with Gasteiger partial charge in [-0.15, -0.1) is 0 Å². The Morgan fingerprint density at radius 1 is 0.976 bits per heavy atom. The highest BCUT2D eigenvalue weighted by atomic mass is 35.5. The van der Waals surface area contributed by atoms with Gasteiger partial charge in [0.15, 0.2) is 11.5 Å². The summed E-state index contributed by atoms with van der Waals surface area (Å²) >= 11 is 6.47. The molecule has 1 heterocycles. The Hall–Kier alpha value is -3.76. The predicted molar refractivity (Wildman–Crippen MR) is 159 cm³/mol. The number of hydrogen-bond donors (Lipinski definition) is 1. The van der Waals surface area contributed by atoms with Gasteiger partial charge in [-0.3, -0.25) is 13.9 Å². The van der Waals surface area contributed by atoms with Crippen molar-refractivity contribution in [2.75, 3.05) is 36.9 Å². The van der Waals surface area contributed by atoms with Crippen LogP contribution in [0.25, 0.3) is 0 Å². The van der Waals surface area contributed by atoms with E-state index in [0.717, 1.165) is 16.1 Å². The standard InChI is InChI=1S/C30H34ClN3O6S/c1-3-15-32-30(36)26(18-22-9-5-4-6-10-22)33(20-23-11-7-8-12-25(23)31)29(35)21-34(41(2,37)38)24-13-14-27-28(19-24)40-17-16-39-27/h4-14,19,26H,3,15-18,20-21H2,1-2H3,(H,32,36)/t26-/m0/s1. The van der Waals surface area contributed by atoms with Gasteiger partial charge in [0.2, 0.25) is 21.8 Å². The molecule has 4 rings (SSSR count). The number of nitrogens with zero attached hydrogens (tertiary/aromatic N) is 2. The number of fused-ring (bicyclic) bond motifs is 1. The molecule has 0 fully saturated rings. The first kappa shape index (κ1) is 30.2. The number of anilines is 1. The molecule has 218 valence electrons. The SMILES string of the molecule is CCCNC(=O)[C@H](Cc1ccccc1)N(Cc1ccccc1Cl)C(=O)CN(c1ccc2c(c1)OCCO2)S(C)(=O)=O. The Bertz CT molecular complexity index is 1470. The maximum atomic E-state index is 14.1. The lowest BCUT2D eigenvalue weighted by molar-refractivity contribution is -0.140. The molecule has 0 saturated heterocycles. The van der Waals surface area contributed by atoms with Crippen LogP contribution in [-0.2, 0) is 32.6 Å². The molecule has 0 saturated carbocycles. The van der Waals surface area contributed by atoms with Crippen LogP contribution in [0.15, 0.2) is 72.8 Å². The van der Waals surface area contributed by atoms with Crippen molar-refractivity contribution in [3.05, 3.63) is 88.9 Å². The van der Waals surface area contributed by atoms with Crippen molar-refractivity contribution in [1.82, 2.24) is 10.2 Å².